The molecule has 132 valence electrons. The van der Waals surface area contributed by atoms with E-state index < -0.39 is 32.9 Å². The number of nitriles is 4. The average Bonchev–Trinajstić information content (AvgIpc) is 2.70. The molecule has 0 radical (unpaired) electrons. The van der Waals surface area contributed by atoms with Gasteiger partial charge in [-0.2, -0.15) is 21.0 Å². The van der Waals surface area contributed by atoms with E-state index >= 15 is 0 Å². The van der Waals surface area contributed by atoms with Crippen molar-refractivity contribution in [3.8, 4) is 24.3 Å². The van der Waals surface area contributed by atoms with E-state index in [4.69, 9.17) is 23.2 Å². The molecule has 6 heteroatoms. The normalized spacial score (nSPS) is 29.8. The van der Waals surface area contributed by atoms with E-state index in [9.17, 15) is 21.0 Å². The van der Waals surface area contributed by atoms with Gasteiger partial charge in [0.2, 0.25) is 0 Å². The highest BCUT2D eigenvalue weighted by atomic mass is 35.5. The van der Waals surface area contributed by atoms with Crippen LogP contribution >= 0.6 is 23.2 Å². The molecule has 0 heterocycles. The maximum atomic E-state index is 10.0. The Hall–Kier alpha value is -2.76. The Labute approximate surface area is 168 Å². The molecule has 3 aliphatic carbocycles. The molecule has 3 atom stereocenters. The van der Waals surface area contributed by atoms with Crippen LogP contribution in [0.15, 0.2) is 48.6 Å². The minimum atomic E-state index is -1.92. The summed E-state index contributed by atoms with van der Waals surface area (Å²) in [5, 5.41) is 40.1. The second-order valence-corrected chi connectivity index (χ2v) is 8.17. The fraction of sp³-hybridized carbons (Fsp3) is 0.333. The Bertz CT molecular complexity index is 985. The Morgan fingerprint density at radius 1 is 0.963 bits per heavy atom. The number of fused-ring (bicyclic) bond motifs is 2. The minimum Gasteiger partial charge on any atom is -0.196 e. The van der Waals surface area contributed by atoms with Crippen LogP contribution in [0.25, 0.3) is 5.57 Å². The van der Waals surface area contributed by atoms with Crippen LogP contribution in [-0.2, 0) is 0 Å². The van der Waals surface area contributed by atoms with Crippen molar-refractivity contribution >= 4 is 28.8 Å². The molecule has 3 aliphatic rings. The molecule has 3 unspecified atom stereocenters. The number of halogens is 2. The quantitative estimate of drug-likeness (QED) is 0.534. The zero-order valence-corrected chi connectivity index (χ0v) is 16.0. The molecule has 2 bridgehead atoms. The second kappa shape index (κ2) is 6.15. The second-order valence-electron chi connectivity index (χ2n) is 7.07. The van der Waals surface area contributed by atoms with Gasteiger partial charge in [0.05, 0.1) is 24.3 Å². The number of rotatable bonds is 2. The molecule has 0 saturated heterocycles. The SMILES string of the molecule is C=C1C2C(c3ccccc3)=CC(C1(C)C(Cl)Cl)C(C#N)(C#N)C2(C#N)C#N. The van der Waals surface area contributed by atoms with Crippen molar-refractivity contribution in [1.29, 1.82) is 21.0 Å². The lowest BCUT2D eigenvalue weighted by Crippen LogP contribution is -2.63. The molecule has 0 amide bonds. The van der Waals surface area contributed by atoms with Gasteiger partial charge in [-0.25, -0.2) is 0 Å². The van der Waals surface area contributed by atoms with Crippen molar-refractivity contribution in [3.05, 3.63) is 54.1 Å². The molecule has 1 aromatic carbocycles. The van der Waals surface area contributed by atoms with Crippen molar-refractivity contribution in [2.24, 2.45) is 28.1 Å². The van der Waals surface area contributed by atoms with Gasteiger partial charge in [-0.05, 0) is 11.1 Å². The standard InChI is InChI=1S/C21H14Cl2N4/c1-13-17-15(14-6-4-3-5-7-14)8-16(19(13,2)18(22)23)20(9-24,10-25)21(17,11-26)12-27/h3-8,16-18H,1H2,2H3. The maximum Gasteiger partial charge on any atom is 0.186 e. The number of allylic oxidation sites excluding steroid dienone is 3. The van der Waals surface area contributed by atoms with E-state index in [-0.39, 0.29) is 0 Å². The largest absolute Gasteiger partial charge is 0.196 e. The first-order chi connectivity index (χ1) is 12.8. The van der Waals surface area contributed by atoms with Crippen LogP contribution < -0.4 is 0 Å². The highest BCUT2D eigenvalue weighted by molar-refractivity contribution is 6.45. The lowest BCUT2D eigenvalue weighted by atomic mass is 9.37. The Morgan fingerprint density at radius 3 is 1.93 bits per heavy atom. The molecular weight excluding hydrogens is 379 g/mol. The van der Waals surface area contributed by atoms with Gasteiger partial charge in [0, 0.05) is 17.3 Å². The van der Waals surface area contributed by atoms with Crippen LogP contribution in [0.1, 0.15) is 12.5 Å². The predicted molar refractivity (Wildman–Crippen MR) is 101 cm³/mol. The fourth-order valence-corrected chi connectivity index (χ4v) is 5.08. The van der Waals surface area contributed by atoms with Crippen LogP contribution in [0.5, 0.6) is 0 Å². The highest BCUT2D eigenvalue weighted by Crippen LogP contribution is 2.72. The van der Waals surface area contributed by atoms with Crippen molar-refractivity contribution in [3.63, 3.8) is 0 Å². The van der Waals surface area contributed by atoms with Crippen LogP contribution in [0.3, 0.4) is 0 Å². The summed E-state index contributed by atoms with van der Waals surface area (Å²) in [5.74, 6) is -1.74. The first-order valence-corrected chi connectivity index (χ1v) is 9.07. The van der Waals surface area contributed by atoms with Gasteiger partial charge in [0.15, 0.2) is 10.8 Å². The van der Waals surface area contributed by atoms with Gasteiger partial charge in [-0.15, -0.1) is 23.2 Å². The van der Waals surface area contributed by atoms with E-state index in [1.165, 1.54) is 0 Å². The molecule has 1 saturated carbocycles. The zero-order chi connectivity index (χ0) is 20.0. The summed E-state index contributed by atoms with van der Waals surface area (Å²) in [6, 6.07) is 17.2. The third-order valence-electron chi connectivity index (χ3n) is 6.13. The third-order valence-corrected chi connectivity index (χ3v) is 7.04. The van der Waals surface area contributed by atoms with Crippen LogP contribution in [-0.4, -0.2) is 4.84 Å². The summed E-state index contributed by atoms with van der Waals surface area (Å²) in [6.45, 7) is 5.88. The Kier molecular flexibility index (Phi) is 4.33. The molecule has 0 spiro atoms. The molecule has 4 nitrogen and oxygen atoms in total. The molecule has 0 N–H and O–H groups in total. The van der Waals surface area contributed by atoms with Gasteiger partial charge in [-0.1, -0.05) is 55.5 Å². The van der Waals surface area contributed by atoms with E-state index in [2.05, 4.69) is 6.58 Å². The van der Waals surface area contributed by atoms with E-state index in [0.717, 1.165) is 5.56 Å². The van der Waals surface area contributed by atoms with Gasteiger partial charge < -0.3 is 0 Å². The van der Waals surface area contributed by atoms with Crippen LogP contribution in [0.4, 0.5) is 0 Å². The number of hydrogen-bond donors (Lipinski definition) is 0. The van der Waals surface area contributed by atoms with Crippen LogP contribution in [0, 0.1) is 73.4 Å². The lowest BCUT2D eigenvalue weighted by molar-refractivity contribution is 0.0464. The van der Waals surface area contributed by atoms with Gasteiger partial charge in [0.25, 0.3) is 0 Å². The lowest BCUT2D eigenvalue weighted by Gasteiger charge is -2.60. The topological polar surface area (TPSA) is 95.2 Å². The van der Waals surface area contributed by atoms with Gasteiger partial charge in [0.1, 0.15) is 4.84 Å². The predicted octanol–water partition coefficient (Wildman–Crippen LogP) is 4.76. The molecular formula is C21H14Cl2N4. The first-order valence-electron chi connectivity index (χ1n) is 8.20. The molecule has 1 aromatic rings. The molecule has 1 fully saturated rings. The summed E-state index contributed by atoms with van der Waals surface area (Å²) in [7, 11) is 0. The maximum absolute atomic E-state index is 10.0. The Balaban J connectivity index is 2.47. The summed E-state index contributed by atoms with van der Waals surface area (Å²) in [5.41, 5.74) is -2.88. The highest BCUT2D eigenvalue weighted by Gasteiger charge is 2.75. The number of benzene rings is 1. The zero-order valence-electron chi connectivity index (χ0n) is 14.4. The first kappa shape index (κ1) is 19.0. The summed E-state index contributed by atoms with van der Waals surface area (Å²) in [4.78, 5) is -0.970. The molecule has 0 aliphatic heterocycles. The monoisotopic (exact) mass is 392 g/mol. The summed E-state index contributed by atoms with van der Waals surface area (Å²) >= 11 is 12.6. The Morgan fingerprint density at radius 2 is 1.48 bits per heavy atom. The van der Waals surface area contributed by atoms with E-state index in [0.29, 0.717) is 11.1 Å². The molecule has 4 rings (SSSR count). The van der Waals surface area contributed by atoms with Crippen molar-refractivity contribution < 1.29 is 0 Å². The molecule has 0 aromatic heterocycles. The summed E-state index contributed by atoms with van der Waals surface area (Å²) < 4.78 is 0. The fourth-order valence-electron chi connectivity index (χ4n) is 4.53. The smallest absolute Gasteiger partial charge is 0.186 e. The van der Waals surface area contributed by atoms with E-state index in [1.54, 1.807) is 13.0 Å². The van der Waals surface area contributed by atoms with E-state index in [1.807, 2.05) is 54.6 Å². The number of alkyl halides is 2. The van der Waals surface area contributed by atoms with Gasteiger partial charge >= 0.3 is 0 Å². The van der Waals surface area contributed by atoms with Gasteiger partial charge in [-0.3, -0.25) is 0 Å². The molecule has 27 heavy (non-hydrogen) atoms. The number of nitrogens with zero attached hydrogens (tertiary/aromatic N) is 4. The minimum absolute atomic E-state index is 0.494. The van der Waals surface area contributed by atoms with Crippen molar-refractivity contribution in [2.75, 3.05) is 0 Å². The number of hydrogen-bond acceptors (Lipinski definition) is 4. The van der Waals surface area contributed by atoms with Crippen molar-refractivity contribution in [2.45, 2.75) is 11.8 Å². The third kappa shape index (κ3) is 2.01. The average molecular weight is 393 g/mol. The van der Waals surface area contributed by atoms with Crippen LogP contribution in [0.2, 0.25) is 0 Å². The summed E-state index contributed by atoms with van der Waals surface area (Å²) in [6.07, 6.45) is 1.78. The van der Waals surface area contributed by atoms with Crippen molar-refractivity contribution in [1.82, 2.24) is 0 Å².